The van der Waals surface area contributed by atoms with Crippen molar-refractivity contribution >= 4 is 22.4 Å². The maximum atomic E-state index is 6.06. The number of imidazole rings is 1. The number of fused-ring (bicyclic) bond motifs is 1. The minimum atomic E-state index is 0.284. The van der Waals surface area contributed by atoms with Crippen molar-refractivity contribution in [2.75, 3.05) is 33.0 Å². The van der Waals surface area contributed by atoms with Crippen LogP contribution in [0, 0.1) is 0 Å². The summed E-state index contributed by atoms with van der Waals surface area (Å²) in [5, 5.41) is 0. The summed E-state index contributed by atoms with van der Waals surface area (Å²) in [6, 6.07) is 7.72. The Bertz CT molecular complexity index is 1050. The molecule has 0 radical (unpaired) electrons. The van der Waals surface area contributed by atoms with Crippen LogP contribution in [0.2, 0.25) is 0 Å². The van der Waals surface area contributed by atoms with Gasteiger partial charge in [0.1, 0.15) is 11.5 Å². The normalized spacial score (nSPS) is 12.2. The van der Waals surface area contributed by atoms with Gasteiger partial charge in [0.05, 0.1) is 29.5 Å². The summed E-state index contributed by atoms with van der Waals surface area (Å²) in [5.41, 5.74) is 15.3. The SMILES string of the molecule is C=C(/C=C\C(=C/N)c1cnc(N)c(-c2nc3ccccc3[nH]2)n1)OCCCN(C)C. The predicted molar refractivity (Wildman–Crippen MR) is 121 cm³/mol. The number of aromatic nitrogens is 4. The molecule has 0 spiro atoms. The van der Waals surface area contributed by atoms with E-state index in [1.54, 1.807) is 18.3 Å². The molecule has 0 aliphatic heterocycles. The van der Waals surface area contributed by atoms with Crippen LogP contribution in [-0.2, 0) is 4.74 Å². The van der Waals surface area contributed by atoms with Crippen LogP contribution >= 0.6 is 0 Å². The van der Waals surface area contributed by atoms with Gasteiger partial charge < -0.3 is 26.1 Å². The summed E-state index contributed by atoms with van der Waals surface area (Å²) in [5.74, 6) is 1.39. The van der Waals surface area contributed by atoms with Crippen LogP contribution in [0.5, 0.6) is 0 Å². The van der Waals surface area contributed by atoms with E-state index in [-0.39, 0.29) is 5.82 Å². The fraction of sp³-hybridized carbons (Fsp3) is 0.227. The van der Waals surface area contributed by atoms with Gasteiger partial charge >= 0.3 is 0 Å². The molecule has 0 atom stereocenters. The summed E-state index contributed by atoms with van der Waals surface area (Å²) in [6.45, 7) is 5.47. The number of nitrogens with zero attached hydrogens (tertiary/aromatic N) is 4. The first-order valence-electron chi connectivity index (χ1n) is 9.62. The topological polar surface area (TPSA) is 119 Å². The van der Waals surface area contributed by atoms with Crippen LogP contribution in [-0.4, -0.2) is 52.1 Å². The Labute approximate surface area is 176 Å². The second kappa shape index (κ2) is 9.71. The number of allylic oxidation sites excluding steroid dienone is 3. The molecule has 0 fully saturated rings. The molecule has 0 amide bonds. The number of rotatable bonds is 9. The molecule has 8 nitrogen and oxygen atoms in total. The lowest BCUT2D eigenvalue weighted by atomic mass is 10.2. The summed E-state index contributed by atoms with van der Waals surface area (Å²) in [6.07, 6.45) is 7.50. The van der Waals surface area contributed by atoms with E-state index in [1.165, 1.54) is 6.20 Å². The van der Waals surface area contributed by atoms with Gasteiger partial charge in [0, 0.05) is 18.3 Å². The third kappa shape index (κ3) is 5.24. The number of nitrogens with two attached hydrogens (primary N) is 2. The molecule has 0 aliphatic rings. The predicted octanol–water partition coefficient (Wildman–Crippen LogP) is 2.94. The second-order valence-corrected chi connectivity index (χ2v) is 7.02. The van der Waals surface area contributed by atoms with Crippen LogP contribution < -0.4 is 11.5 Å². The lowest BCUT2D eigenvalue weighted by Gasteiger charge is -2.10. The third-order valence-electron chi connectivity index (χ3n) is 4.38. The van der Waals surface area contributed by atoms with Gasteiger partial charge in [-0.15, -0.1) is 0 Å². The molecule has 3 aromatic rings. The van der Waals surface area contributed by atoms with Crippen molar-refractivity contribution < 1.29 is 4.74 Å². The lowest BCUT2D eigenvalue weighted by molar-refractivity contribution is 0.208. The third-order valence-corrected chi connectivity index (χ3v) is 4.38. The summed E-state index contributed by atoms with van der Waals surface area (Å²) in [7, 11) is 4.06. The number of aromatic amines is 1. The molecule has 0 unspecified atom stereocenters. The van der Waals surface area contributed by atoms with Crippen molar-refractivity contribution in [3.63, 3.8) is 0 Å². The van der Waals surface area contributed by atoms with Crippen LogP contribution in [0.4, 0.5) is 5.82 Å². The first-order chi connectivity index (χ1) is 14.5. The molecule has 1 aromatic carbocycles. The quantitative estimate of drug-likeness (QED) is 0.284. The molecule has 0 bridgehead atoms. The largest absolute Gasteiger partial charge is 0.494 e. The molecule has 0 saturated carbocycles. The van der Waals surface area contributed by atoms with Crippen molar-refractivity contribution in [2.45, 2.75) is 6.42 Å². The van der Waals surface area contributed by atoms with Crippen molar-refractivity contribution in [2.24, 2.45) is 5.73 Å². The van der Waals surface area contributed by atoms with Crippen molar-refractivity contribution in [1.29, 1.82) is 0 Å². The fourth-order valence-electron chi connectivity index (χ4n) is 2.82. The highest BCUT2D eigenvalue weighted by Crippen LogP contribution is 2.24. The number of nitrogen functional groups attached to an aromatic ring is 1. The van der Waals surface area contributed by atoms with Gasteiger partial charge in [-0.3, -0.25) is 0 Å². The van der Waals surface area contributed by atoms with E-state index in [9.17, 15) is 0 Å². The first-order valence-corrected chi connectivity index (χ1v) is 9.62. The molecule has 5 N–H and O–H groups in total. The number of H-pyrrole nitrogens is 1. The molecule has 0 aliphatic carbocycles. The summed E-state index contributed by atoms with van der Waals surface area (Å²) in [4.78, 5) is 18.8. The van der Waals surface area contributed by atoms with Crippen LogP contribution in [0.1, 0.15) is 12.1 Å². The molecule has 156 valence electrons. The van der Waals surface area contributed by atoms with Gasteiger partial charge in [-0.05, 0) is 44.8 Å². The zero-order chi connectivity index (χ0) is 21.5. The standard InChI is InChI=1S/C22H27N7O/c1-15(30-12-6-11-29(2)3)9-10-16(13-23)19-14-25-21(24)20(26-19)22-27-17-7-4-5-8-18(17)28-22/h4-5,7-10,13-14H,1,6,11-12,23H2,2-3H3,(H2,24,25)(H,27,28)/b10-9-,16-13+. The Morgan fingerprint density at radius 2 is 2.03 bits per heavy atom. The Balaban J connectivity index is 1.75. The highest BCUT2D eigenvalue weighted by molar-refractivity contribution is 5.81. The average molecular weight is 406 g/mol. The van der Waals surface area contributed by atoms with Gasteiger partial charge in [-0.2, -0.15) is 0 Å². The maximum Gasteiger partial charge on any atom is 0.161 e. The monoisotopic (exact) mass is 405 g/mol. The van der Waals surface area contributed by atoms with E-state index in [1.807, 2.05) is 38.4 Å². The Morgan fingerprint density at radius 3 is 2.77 bits per heavy atom. The van der Waals surface area contributed by atoms with Crippen LogP contribution in [0.25, 0.3) is 28.1 Å². The zero-order valence-electron chi connectivity index (χ0n) is 17.3. The van der Waals surface area contributed by atoms with Crippen molar-refractivity contribution in [3.05, 3.63) is 66.8 Å². The van der Waals surface area contributed by atoms with Crippen LogP contribution in [0.3, 0.4) is 0 Å². The number of benzene rings is 1. The maximum absolute atomic E-state index is 6.06. The van der Waals surface area contributed by atoms with E-state index in [0.29, 0.717) is 35.2 Å². The van der Waals surface area contributed by atoms with Gasteiger partial charge in [-0.1, -0.05) is 18.7 Å². The molecule has 0 saturated heterocycles. The molecule has 2 heterocycles. The molecular weight excluding hydrogens is 378 g/mol. The molecule has 8 heteroatoms. The van der Waals surface area contributed by atoms with E-state index in [4.69, 9.17) is 16.2 Å². The molecular formula is C22H27N7O. The molecule has 3 rings (SSSR count). The fourth-order valence-corrected chi connectivity index (χ4v) is 2.82. The number of nitrogens with one attached hydrogen (secondary N) is 1. The highest BCUT2D eigenvalue weighted by atomic mass is 16.5. The Hall–Kier alpha value is -3.65. The Kier molecular flexibility index (Phi) is 6.82. The van der Waals surface area contributed by atoms with Gasteiger partial charge in [-0.25, -0.2) is 15.0 Å². The van der Waals surface area contributed by atoms with Crippen molar-refractivity contribution in [1.82, 2.24) is 24.8 Å². The van der Waals surface area contributed by atoms with E-state index >= 15 is 0 Å². The van der Waals surface area contributed by atoms with Gasteiger partial charge in [0.2, 0.25) is 0 Å². The minimum Gasteiger partial charge on any atom is -0.494 e. The van der Waals surface area contributed by atoms with E-state index in [0.717, 1.165) is 24.0 Å². The number of hydrogen-bond donors (Lipinski definition) is 3. The van der Waals surface area contributed by atoms with Crippen molar-refractivity contribution in [3.8, 4) is 11.5 Å². The highest BCUT2D eigenvalue weighted by Gasteiger charge is 2.13. The lowest BCUT2D eigenvalue weighted by Crippen LogP contribution is -2.14. The average Bonchev–Trinajstić information content (AvgIpc) is 3.16. The Morgan fingerprint density at radius 1 is 1.23 bits per heavy atom. The summed E-state index contributed by atoms with van der Waals surface area (Å²) >= 11 is 0. The number of anilines is 1. The smallest absolute Gasteiger partial charge is 0.161 e. The minimum absolute atomic E-state index is 0.284. The molecule has 2 aromatic heterocycles. The molecule has 30 heavy (non-hydrogen) atoms. The number of hydrogen-bond acceptors (Lipinski definition) is 7. The summed E-state index contributed by atoms with van der Waals surface area (Å²) < 4.78 is 5.62. The van der Waals surface area contributed by atoms with Gasteiger partial charge in [0.25, 0.3) is 0 Å². The van der Waals surface area contributed by atoms with E-state index in [2.05, 4.69) is 31.4 Å². The zero-order valence-corrected chi connectivity index (χ0v) is 17.3. The van der Waals surface area contributed by atoms with Crippen LogP contribution in [0.15, 0.2) is 61.2 Å². The second-order valence-electron chi connectivity index (χ2n) is 7.02. The number of para-hydroxylation sites is 2. The first kappa shape index (κ1) is 21.1. The van der Waals surface area contributed by atoms with Gasteiger partial charge in [0.15, 0.2) is 11.6 Å². The van der Waals surface area contributed by atoms with E-state index < -0.39 is 0 Å². The number of ether oxygens (including phenoxy) is 1.